The first kappa shape index (κ1) is 14.5. The Balaban J connectivity index is 1.57. The van der Waals surface area contributed by atoms with Crippen molar-refractivity contribution in [3.8, 4) is 16.8 Å². The van der Waals surface area contributed by atoms with E-state index < -0.39 is 0 Å². The van der Waals surface area contributed by atoms with Crippen molar-refractivity contribution in [2.75, 3.05) is 19.6 Å². The van der Waals surface area contributed by atoms with Crippen molar-refractivity contribution < 1.29 is 4.79 Å². The molecular weight excluding hydrogens is 296 g/mol. The number of nitrogens with one attached hydrogen (secondary N) is 1. The van der Waals surface area contributed by atoms with Gasteiger partial charge in [0.05, 0.1) is 0 Å². The SMILES string of the molecule is N#CN1CCC(CNC(=O)c2csc(-c3ccccc3)n2)C1. The first-order valence-electron chi connectivity index (χ1n) is 7.20. The highest BCUT2D eigenvalue weighted by Gasteiger charge is 2.22. The maximum absolute atomic E-state index is 12.2. The third kappa shape index (κ3) is 3.26. The van der Waals surface area contributed by atoms with Crippen molar-refractivity contribution in [2.24, 2.45) is 5.92 Å². The van der Waals surface area contributed by atoms with E-state index in [0.29, 0.717) is 18.2 Å². The van der Waals surface area contributed by atoms with Crippen LogP contribution in [-0.4, -0.2) is 35.4 Å². The molecule has 0 aliphatic carbocycles. The molecule has 112 valence electrons. The van der Waals surface area contributed by atoms with Gasteiger partial charge >= 0.3 is 0 Å². The summed E-state index contributed by atoms with van der Waals surface area (Å²) in [6.07, 6.45) is 3.09. The molecule has 1 aliphatic heterocycles. The minimum absolute atomic E-state index is 0.145. The van der Waals surface area contributed by atoms with Gasteiger partial charge in [-0.25, -0.2) is 4.98 Å². The molecular formula is C16H16N4OS. The number of thiazole rings is 1. The molecule has 1 aromatic heterocycles. The van der Waals surface area contributed by atoms with Crippen molar-refractivity contribution in [3.63, 3.8) is 0 Å². The smallest absolute Gasteiger partial charge is 0.270 e. The van der Waals surface area contributed by atoms with Crippen LogP contribution in [0.5, 0.6) is 0 Å². The van der Waals surface area contributed by atoms with Crippen LogP contribution in [0.15, 0.2) is 35.7 Å². The van der Waals surface area contributed by atoms with Crippen LogP contribution >= 0.6 is 11.3 Å². The molecule has 22 heavy (non-hydrogen) atoms. The third-order valence-electron chi connectivity index (χ3n) is 3.74. The van der Waals surface area contributed by atoms with E-state index in [2.05, 4.69) is 16.5 Å². The number of nitrogens with zero attached hydrogens (tertiary/aromatic N) is 3. The topological polar surface area (TPSA) is 69.0 Å². The summed E-state index contributed by atoms with van der Waals surface area (Å²) in [7, 11) is 0. The Labute approximate surface area is 133 Å². The molecule has 2 aromatic rings. The van der Waals surface area contributed by atoms with Crippen LogP contribution in [0.1, 0.15) is 16.9 Å². The highest BCUT2D eigenvalue weighted by molar-refractivity contribution is 7.13. The van der Waals surface area contributed by atoms with Crippen LogP contribution < -0.4 is 5.32 Å². The standard InChI is InChI=1S/C16H16N4OS/c17-11-20-7-6-12(9-20)8-18-15(21)14-10-22-16(19-14)13-4-2-1-3-5-13/h1-5,10,12H,6-9H2,(H,18,21). The quantitative estimate of drug-likeness (QED) is 0.880. The van der Waals surface area contributed by atoms with Crippen LogP contribution in [0, 0.1) is 17.4 Å². The molecule has 3 rings (SSSR count). The van der Waals surface area contributed by atoms with Crippen LogP contribution in [0.3, 0.4) is 0 Å². The number of carbonyl (C=O) groups excluding carboxylic acids is 1. The molecule has 0 bridgehead atoms. The fourth-order valence-corrected chi connectivity index (χ4v) is 3.32. The summed E-state index contributed by atoms with van der Waals surface area (Å²) in [6, 6.07) is 9.83. The molecule has 1 atom stereocenters. The third-order valence-corrected chi connectivity index (χ3v) is 4.63. The summed E-state index contributed by atoms with van der Waals surface area (Å²) >= 11 is 1.47. The second-order valence-electron chi connectivity index (χ2n) is 5.31. The molecule has 0 spiro atoms. The average molecular weight is 312 g/mol. The van der Waals surface area contributed by atoms with Crippen LogP contribution in [-0.2, 0) is 0 Å². The van der Waals surface area contributed by atoms with E-state index in [9.17, 15) is 4.79 Å². The number of benzene rings is 1. The molecule has 0 saturated carbocycles. The van der Waals surface area contributed by atoms with Crippen molar-refractivity contribution in [3.05, 3.63) is 41.4 Å². The molecule has 2 heterocycles. The van der Waals surface area contributed by atoms with E-state index in [-0.39, 0.29) is 5.91 Å². The number of hydrogen-bond acceptors (Lipinski definition) is 5. The number of nitriles is 1. The van der Waals surface area contributed by atoms with E-state index in [1.54, 1.807) is 10.3 Å². The zero-order valence-electron chi connectivity index (χ0n) is 12.0. The zero-order chi connectivity index (χ0) is 15.4. The molecule has 1 aromatic carbocycles. The summed E-state index contributed by atoms with van der Waals surface area (Å²) in [5.41, 5.74) is 1.48. The van der Waals surface area contributed by atoms with Gasteiger partial charge in [0.15, 0.2) is 6.19 Å². The van der Waals surface area contributed by atoms with Gasteiger partial charge in [0.25, 0.3) is 5.91 Å². The summed E-state index contributed by atoms with van der Waals surface area (Å²) < 4.78 is 0. The lowest BCUT2D eigenvalue weighted by atomic mass is 10.1. The van der Waals surface area contributed by atoms with Crippen molar-refractivity contribution >= 4 is 17.2 Å². The highest BCUT2D eigenvalue weighted by atomic mass is 32.1. The van der Waals surface area contributed by atoms with E-state index in [1.165, 1.54) is 11.3 Å². The molecule has 0 radical (unpaired) electrons. The zero-order valence-corrected chi connectivity index (χ0v) is 12.8. The van der Waals surface area contributed by atoms with E-state index in [0.717, 1.165) is 30.1 Å². The van der Waals surface area contributed by atoms with Gasteiger partial charge in [-0.15, -0.1) is 11.3 Å². The van der Waals surface area contributed by atoms with Crippen molar-refractivity contribution in [2.45, 2.75) is 6.42 Å². The van der Waals surface area contributed by atoms with E-state index in [4.69, 9.17) is 5.26 Å². The number of likely N-dealkylation sites (tertiary alicyclic amines) is 1. The monoisotopic (exact) mass is 312 g/mol. The Hall–Kier alpha value is -2.39. The summed E-state index contributed by atoms with van der Waals surface area (Å²) in [6.45, 7) is 2.10. The molecule has 5 nitrogen and oxygen atoms in total. The van der Waals surface area contributed by atoms with Crippen LogP contribution in [0.4, 0.5) is 0 Å². The Morgan fingerprint density at radius 1 is 1.45 bits per heavy atom. The van der Waals surface area contributed by atoms with Crippen LogP contribution in [0.25, 0.3) is 10.6 Å². The van der Waals surface area contributed by atoms with Gasteiger partial charge in [-0.3, -0.25) is 4.79 Å². The summed E-state index contributed by atoms with van der Waals surface area (Å²) in [4.78, 5) is 18.3. The fraction of sp³-hybridized carbons (Fsp3) is 0.312. The summed E-state index contributed by atoms with van der Waals surface area (Å²) in [5, 5.41) is 14.4. The second kappa shape index (κ2) is 6.58. The Morgan fingerprint density at radius 3 is 3.00 bits per heavy atom. The molecule has 6 heteroatoms. The lowest BCUT2D eigenvalue weighted by Gasteiger charge is -2.10. The van der Waals surface area contributed by atoms with Gasteiger partial charge < -0.3 is 10.2 Å². The first-order valence-corrected chi connectivity index (χ1v) is 8.08. The molecule has 1 aliphatic rings. The largest absolute Gasteiger partial charge is 0.350 e. The number of aromatic nitrogens is 1. The van der Waals surface area contributed by atoms with E-state index in [1.807, 2.05) is 30.3 Å². The minimum Gasteiger partial charge on any atom is -0.350 e. The highest BCUT2D eigenvalue weighted by Crippen LogP contribution is 2.23. The first-order chi connectivity index (χ1) is 10.8. The number of amides is 1. The van der Waals surface area contributed by atoms with Crippen molar-refractivity contribution in [1.82, 2.24) is 15.2 Å². The van der Waals surface area contributed by atoms with Gasteiger partial charge in [-0.2, -0.15) is 5.26 Å². The van der Waals surface area contributed by atoms with Gasteiger partial charge in [-0.1, -0.05) is 30.3 Å². The number of hydrogen-bond donors (Lipinski definition) is 1. The van der Waals surface area contributed by atoms with Gasteiger partial charge in [-0.05, 0) is 12.3 Å². The fourth-order valence-electron chi connectivity index (χ4n) is 2.51. The Morgan fingerprint density at radius 2 is 2.27 bits per heavy atom. The molecule has 1 fully saturated rings. The number of rotatable bonds is 4. The Bertz CT molecular complexity index is 692. The van der Waals surface area contributed by atoms with E-state index >= 15 is 0 Å². The van der Waals surface area contributed by atoms with Crippen LogP contribution in [0.2, 0.25) is 0 Å². The normalized spacial score (nSPS) is 17.2. The molecule has 1 saturated heterocycles. The van der Waals surface area contributed by atoms with Gasteiger partial charge in [0.2, 0.25) is 0 Å². The predicted octanol–water partition coefficient (Wildman–Crippen LogP) is 2.34. The Kier molecular flexibility index (Phi) is 4.35. The maximum atomic E-state index is 12.2. The lowest BCUT2D eigenvalue weighted by Crippen LogP contribution is -2.30. The van der Waals surface area contributed by atoms with Gasteiger partial charge in [0.1, 0.15) is 10.7 Å². The predicted molar refractivity (Wildman–Crippen MR) is 85.2 cm³/mol. The summed E-state index contributed by atoms with van der Waals surface area (Å²) in [5.74, 6) is 0.199. The molecule has 1 amide bonds. The van der Waals surface area contributed by atoms with Gasteiger partial charge in [0, 0.05) is 30.6 Å². The number of carbonyl (C=O) groups is 1. The maximum Gasteiger partial charge on any atom is 0.270 e. The molecule has 1 unspecified atom stereocenters. The minimum atomic E-state index is -0.145. The molecule has 1 N–H and O–H groups in total. The lowest BCUT2D eigenvalue weighted by molar-refractivity contribution is 0.0943. The average Bonchev–Trinajstić information content (AvgIpc) is 3.22. The van der Waals surface area contributed by atoms with Crippen molar-refractivity contribution in [1.29, 1.82) is 5.26 Å². The second-order valence-corrected chi connectivity index (χ2v) is 6.17.